The van der Waals surface area contributed by atoms with Gasteiger partial charge in [0.15, 0.2) is 0 Å². The van der Waals surface area contributed by atoms with Crippen LogP contribution in [-0.4, -0.2) is 25.1 Å². The van der Waals surface area contributed by atoms with Crippen LogP contribution >= 0.6 is 0 Å². The number of rotatable bonds is 5. The zero-order chi connectivity index (χ0) is 12.1. The Morgan fingerprint density at radius 3 is 2.62 bits per heavy atom. The van der Waals surface area contributed by atoms with Crippen molar-refractivity contribution in [3.8, 4) is 0 Å². The SMILES string of the molecule is CNCCNc1cc(F)cc(F)c1[N+](=O)[O-]. The Bertz CT molecular complexity index is 399. The molecule has 5 nitrogen and oxygen atoms in total. The molecule has 0 aliphatic heterocycles. The molecule has 0 saturated carbocycles. The highest BCUT2D eigenvalue weighted by Crippen LogP contribution is 2.28. The Morgan fingerprint density at radius 1 is 1.38 bits per heavy atom. The van der Waals surface area contributed by atoms with Crippen molar-refractivity contribution >= 4 is 11.4 Å². The lowest BCUT2D eigenvalue weighted by Crippen LogP contribution is -2.18. The van der Waals surface area contributed by atoms with E-state index in [9.17, 15) is 18.9 Å². The molecule has 0 unspecified atom stereocenters. The molecule has 0 fully saturated rings. The summed E-state index contributed by atoms with van der Waals surface area (Å²) in [5.41, 5.74) is -0.893. The summed E-state index contributed by atoms with van der Waals surface area (Å²) in [5, 5.41) is 16.0. The Labute approximate surface area is 90.6 Å². The number of halogens is 2. The Hall–Kier alpha value is -1.76. The molecule has 1 rings (SSSR count). The van der Waals surface area contributed by atoms with Crippen LogP contribution in [0.5, 0.6) is 0 Å². The summed E-state index contributed by atoms with van der Waals surface area (Å²) in [6.45, 7) is 0.857. The van der Waals surface area contributed by atoms with Crippen LogP contribution in [0.2, 0.25) is 0 Å². The maximum Gasteiger partial charge on any atom is 0.327 e. The van der Waals surface area contributed by atoms with Gasteiger partial charge in [-0.1, -0.05) is 0 Å². The molecular formula is C9H11F2N3O2. The molecule has 0 aliphatic carbocycles. The third-order valence-electron chi connectivity index (χ3n) is 1.90. The number of nitrogens with one attached hydrogen (secondary N) is 2. The van der Waals surface area contributed by atoms with Crippen LogP contribution in [0.3, 0.4) is 0 Å². The molecular weight excluding hydrogens is 220 g/mol. The minimum absolute atomic E-state index is 0.155. The summed E-state index contributed by atoms with van der Waals surface area (Å²) in [6.07, 6.45) is 0. The van der Waals surface area contributed by atoms with Crippen LogP contribution < -0.4 is 10.6 Å². The highest BCUT2D eigenvalue weighted by atomic mass is 19.1. The van der Waals surface area contributed by atoms with E-state index in [1.54, 1.807) is 7.05 Å². The van der Waals surface area contributed by atoms with Gasteiger partial charge in [-0.25, -0.2) is 4.39 Å². The number of likely N-dealkylation sites (N-methyl/N-ethyl adjacent to an activating group) is 1. The minimum Gasteiger partial charge on any atom is -0.378 e. The van der Waals surface area contributed by atoms with Crippen LogP contribution in [0.4, 0.5) is 20.2 Å². The molecule has 16 heavy (non-hydrogen) atoms. The van der Waals surface area contributed by atoms with Crippen molar-refractivity contribution < 1.29 is 13.7 Å². The first-order chi connectivity index (χ1) is 7.56. The second-order valence-corrected chi connectivity index (χ2v) is 3.07. The molecule has 1 aromatic rings. The lowest BCUT2D eigenvalue weighted by molar-refractivity contribution is -0.386. The number of benzene rings is 1. The number of nitro groups is 1. The Kier molecular flexibility index (Phi) is 4.12. The molecule has 88 valence electrons. The molecule has 0 bridgehead atoms. The van der Waals surface area contributed by atoms with Crippen molar-refractivity contribution in [3.63, 3.8) is 0 Å². The number of nitro benzene ring substituents is 1. The summed E-state index contributed by atoms with van der Waals surface area (Å²) >= 11 is 0. The summed E-state index contributed by atoms with van der Waals surface area (Å²) in [5.74, 6) is -2.04. The molecule has 0 amide bonds. The van der Waals surface area contributed by atoms with Gasteiger partial charge in [-0.15, -0.1) is 0 Å². The predicted molar refractivity (Wildman–Crippen MR) is 55.4 cm³/mol. The zero-order valence-corrected chi connectivity index (χ0v) is 8.59. The van der Waals surface area contributed by atoms with E-state index in [1.807, 2.05) is 0 Å². The number of anilines is 1. The van der Waals surface area contributed by atoms with Crippen molar-refractivity contribution in [1.82, 2.24) is 5.32 Å². The van der Waals surface area contributed by atoms with Crippen molar-refractivity contribution in [1.29, 1.82) is 0 Å². The molecule has 0 aromatic heterocycles. The van der Waals surface area contributed by atoms with Gasteiger partial charge in [0, 0.05) is 25.2 Å². The first kappa shape index (κ1) is 12.3. The van der Waals surface area contributed by atoms with E-state index in [2.05, 4.69) is 10.6 Å². The zero-order valence-electron chi connectivity index (χ0n) is 8.59. The number of nitrogens with zero attached hydrogens (tertiary/aromatic N) is 1. The summed E-state index contributed by atoms with van der Waals surface area (Å²) < 4.78 is 26.0. The largest absolute Gasteiger partial charge is 0.378 e. The van der Waals surface area contributed by atoms with Crippen LogP contribution in [0.25, 0.3) is 0 Å². The predicted octanol–water partition coefficient (Wildman–Crippen LogP) is 1.50. The van der Waals surface area contributed by atoms with Gasteiger partial charge in [-0.3, -0.25) is 10.1 Å². The highest BCUT2D eigenvalue weighted by molar-refractivity contribution is 5.62. The third-order valence-corrected chi connectivity index (χ3v) is 1.90. The van der Waals surface area contributed by atoms with Gasteiger partial charge >= 0.3 is 5.69 Å². The molecule has 0 atom stereocenters. The standard InChI is InChI=1S/C9H11F2N3O2/c1-12-2-3-13-8-5-6(10)4-7(11)9(8)14(15)16/h4-5,12-13H,2-3H2,1H3. The van der Waals surface area contributed by atoms with Gasteiger partial charge in [0.1, 0.15) is 11.5 Å². The summed E-state index contributed by atoms with van der Waals surface area (Å²) in [6, 6.07) is 1.39. The molecule has 0 aliphatic rings. The fourth-order valence-electron chi connectivity index (χ4n) is 1.21. The summed E-state index contributed by atoms with van der Waals surface area (Å²) in [4.78, 5) is 9.70. The van der Waals surface area contributed by atoms with Gasteiger partial charge < -0.3 is 10.6 Å². The fourth-order valence-corrected chi connectivity index (χ4v) is 1.21. The smallest absolute Gasteiger partial charge is 0.327 e. The van der Waals surface area contributed by atoms with Gasteiger partial charge in [-0.2, -0.15) is 4.39 Å². The average Bonchev–Trinajstić information content (AvgIpc) is 2.16. The average molecular weight is 231 g/mol. The van der Waals surface area contributed by atoms with E-state index in [0.717, 1.165) is 6.07 Å². The number of hydrogen-bond donors (Lipinski definition) is 2. The van der Waals surface area contributed by atoms with Crippen LogP contribution in [0.1, 0.15) is 0 Å². The topological polar surface area (TPSA) is 67.2 Å². The van der Waals surface area contributed by atoms with Crippen LogP contribution in [0, 0.1) is 21.7 Å². The van der Waals surface area contributed by atoms with Crippen molar-refractivity contribution in [2.45, 2.75) is 0 Å². The maximum atomic E-state index is 13.1. The monoisotopic (exact) mass is 231 g/mol. The van der Waals surface area contributed by atoms with E-state index < -0.39 is 22.2 Å². The minimum atomic E-state index is -1.18. The van der Waals surface area contributed by atoms with E-state index >= 15 is 0 Å². The Balaban J connectivity index is 2.99. The van der Waals surface area contributed by atoms with Gasteiger partial charge in [0.2, 0.25) is 5.82 Å². The molecule has 0 spiro atoms. The third kappa shape index (κ3) is 2.86. The van der Waals surface area contributed by atoms with Gasteiger partial charge in [0.05, 0.1) is 4.92 Å². The van der Waals surface area contributed by atoms with Crippen molar-refractivity contribution in [2.24, 2.45) is 0 Å². The normalized spacial score (nSPS) is 10.2. The fraction of sp³-hybridized carbons (Fsp3) is 0.333. The molecule has 0 saturated heterocycles. The lowest BCUT2D eigenvalue weighted by atomic mass is 10.2. The highest BCUT2D eigenvalue weighted by Gasteiger charge is 2.21. The van der Waals surface area contributed by atoms with E-state index in [0.29, 0.717) is 19.2 Å². The summed E-state index contributed by atoms with van der Waals surface area (Å²) in [7, 11) is 1.70. The molecule has 2 N–H and O–H groups in total. The first-order valence-electron chi connectivity index (χ1n) is 4.58. The molecule has 1 aromatic carbocycles. The van der Waals surface area contributed by atoms with Crippen molar-refractivity contribution in [2.75, 3.05) is 25.5 Å². The van der Waals surface area contributed by atoms with E-state index in [-0.39, 0.29) is 5.69 Å². The van der Waals surface area contributed by atoms with Gasteiger partial charge in [0.25, 0.3) is 0 Å². The molecule has 0 radical (unpaired) electrons. The molecule has 7 heteroatoms. The lowest BCUT2D eigenvalue weighted by Gasteiger charge is -2.07. The second kappa shape index (κ2) is 5.36. The van der Waals surface area contributed by atoms with Crippen LogP contribution in [-0.2, 0) is 0 Å². The van der Waals surface area contributed by atoms with Gasteiger partial charge in [-0.05, 0) is 7.05 Å². The second-order valence-electron chi connectivity index (χ2n) is 3.07. The van der Waals surface area contributed by atoms with E-state index in [1.165, 1.54) is 0 Å². The van der Waals surface area contributed by atoms with Crippen molar-refractivity contribution in [3.05, 3.63) is 33.9 Å². The Morgan fingerprint density at radius 2 is 2.06 bits per heavy atom. The first-order valence-corrected chi connectivity index (χ1v) is 4.58. The number of hydrogen-bond acceptors (Lipinski definition) is 4. The maximum absolute atomic E-state index is 13.1. The quantitative estimate of drug-likeness (QED) is 0.458. The molecule has 0 heterocycles. The van der Waals surface area contributed by atoms with Crippen LogP contribution in [0.15, 0.2) is 12.1 Å². The van der Waals surface area contributed by atoms with E-state index in [4.69, 9.17) is 0 Å².